The first-order valence-corrected chi connectivity index (χ1v) is 7.15. The predicted molar refractivity (Wildman–Crippen MR) is 76.6 cm³/mol. The van der Waals surface area contributed by atoms with Crippen molar-refractivity contribution in [3.8, 4) is 0 Å². The van der Waals surface area contributed by atoms with Crippen molar-refractivity contribution >= 4 is 11.7 Å². The molecule has 1 atom stereocenters. The molecule has 1 fully saturated rings. The fourth-order valence-electron chi connectivity index (χ4n) is 2.62. The van der Waals surface area contributed by atoms with Crippen molar-refractivity contribution < 1.29 is 23.1 Å². The van der Waals surface area contributed by atoms with E-state index in [0.717, 1.165) is 25.0 Å². The standard InChI is InChI=1S/C15H19F3N2O2/c1-10-5-12(15(16,17)18)7-13(6-10)19-14(22)20-4-2-3-11(8-20)9-21/h5-7,11,21H,2-4,8-9H2,1H3,(H,19,22). The van der Waals surface area contributed by atoms with Crippen molar-refractivity contribution in [3.63, 3.8) is 0 Å². The summed E-state index contributed by atoms with van der Waals surface area (Å²) in [5.74, 6) is 0.0303. The van der Waals surface area contributed by atoms with Gasteiger partial charge in [0, 0.05) is 25.4 Å². The van der Waals surface area contributed by atoms with Crippen LogP contribution < -0.4 is 5.32 Å². The van der Waals surface area contributed by atoms with E-state index in [1.54, 1.807) is 6.92 Å². The van der Waals surface area contributed by atoms with E-state index in [1.165, 1.54) is 11.0 Å². The monoisotopic (exact) mass is 316 g/mol. The van der Waals surface area contributed by atoms with Gasteiger partial charge in [-0.25, -0.2) is 4.79 Å². The van der Waals surface area contributed by atoms with E-state index in [4.69, 9.17) is 5.11 Å². The summed E-state index contributed by atoms with van der Waals surface area (Å²) in [5.41, 5.74) is -0.227. The van der Waals surface area contributed by atoms with Gasteiger partial charge in [0.05, 0.1) is 5.56 Å². The number of rotatable bonds is 2. The number of aliphatic hydroxyl groups is 1. The molecule has 1 aliphatic heterocycles. The summed E-state index contributed by atoms with van der Waals surface area (Å²) in [6, 6.07) is 3.04. The number of hydrogen-bond acceptors (Lipinski definition) is 2. The third kappa shape index (κ3) is 4.13. The number of aryl methyl sites for hydroxylation is 1. The molecular formula is C15H19F3N2O2. The number of anilines is 1. The average molecular weight is 316 g/mol. The Balaban J connectivity index is 2.10. The topological polar surface area (TPSA) is 52.6 Å². The normalized spacial score (nSPS) is 19.1. The van der Waals surface area contributed by atoms with Crippen molar-refractivity contribution in [2.45, 2.75) is 25.9 Å². The zero-order valence-corrected chi connectivity index (χ0v) is 12.3. The summed E-state index contributed by atoms with van der Waals surface area (Å²) < 4.78 is 38.4. The molecule has 2 rings (SSSR count). The summed E-state index contributed by atoms with van der Waals surface area (Å²) in [6.07, 6.45) is -2.82. The Hall–Kier alpha value is -1.76. The smallest absolute Gasteiger partial charge is 0.396 e. The lowest BCUT2D eigenvalue weighted by Gasteiger charge is -2.31. The molecule has 1 heterocycles. The van der Waals surface area contributed by atoms with Gasteiger partial charge in [-0.1, -0.05) is 0 Å². The van der Waals surface area contributed by atoms with Gasteiger partial charge in [0.25, 0.3) is 0 Å². The van der Waals surface area contributed by atoms with Crippen LogP contribution >= 0.6 is 0 Å². The highest BCUT2D eigenvalue weighted by atomic mass is 19.4. The summed E-state index contributed by atoms with van der Waals surface area (Å²) in [7, 11) is 0. The second-order valence-electron chi connectivity index (χ2n) is 5.65. The van der Waals surface area contributed by atoms with E-state index < -0.39 is 17.8 Å². The molecule has 1 aromatic rings. The average Bonchev–Trinajstić information content (AvgIpc) is 2.45. The Morgan fingerprint density at radius 2 is 2.14 bits per heavy atom. The van der Waals surface area contributed by atoms with Crippen LogP contribution in [0.5, 0.6) is 0 Å². The van der Waals surface area contributed by atoms with Gasteiger partial charge in [-0.05, 0) is 49.4 Å². The minimum absolute atomic E-state index is 0.00640. The molecule has 22 heavy (non-hydrogen) atoms. The van der Waals surface area contributed by atoms with E-state index in [9.17, 15) is 18.0 Å². The summed E-state index contributed by atoms with van der Waals surface area (Å²) in [5, 5.41) is 11.7. The van der Waals surface area contributed by atoms with Gasteiger partial charge in [0.1, 0.15) is 0 Å². The van der Waals surface area contributed by atoms with Gasteiger partial charge in [-0.3, -0.25) is 0 Å². The Bertz CT molecular complexity index is 546. The van der Waals surface area contributed by atoms with Crippen molar-refractivity contribution in [2.24, 2.45) is 5.92 Å². The Morgan fingerprint density at radius 1 is 1.41 bits per heavy atom. The first-order valence-electron chi connectivity index (χ1n) is 7.15. The molecule has 7 heteroatoms. The Kier molecular flexibility index (Phi) is 4.95. The second kappa shape index (κ2) is 6.56. The van der Waals surface area contributed by atoms with Crippen LogP contribution in [-0.4, -0.2) is 35.7 Å². The molecule has 0 radical (unpaired) electrons. The number of aliphatic hydroxyl groups excluding tert-OH is 1. The third-order valence-electron chi connectivity index (χ3n) is 3.72. The number of nitrogens with one attached hydrogen (secondary N) is 1. The van der Waals surface area contributed by atoms with Crippen molar-refractivity contribution in [1.29, 1.82) is 0 Å². The van der Waals surface area contributed by atoms with E-state index in [2.05, 4.69) is 5.32 Å². The predicted octanol–water partition coefficient (Wildman–Crippen LogP) is 3.25. The van der Waals surface area contributed by atoms with E-state index in [-0.39, 0.29) is 18.2 Å². The first-order chi connectivity index (χ1) is 10.3. The fraction of sp³-hybridized carbons (Fsp3) is 0.533. The zero-order chi connectivity index (χ0) is 16.3. The molecule has 0 saturated carbocycles. The summed E-state index contributed by atoms with van der Waals surface area (Å²) in [6.45, 7) is 2.51. The van der Waals surface area contributed by atoms with Crippen LogP contribution in [0.15, 0.2) is 18.2 Å². The van der Waals surface area contributed by atoms with Gasteiger partial charge in [0.2, 0.25) is 0 Å². The number of piperidine rings is 1. The highest BCUT2D eigenvalue weighted by Crippen LogP contribution is 2.32. The highest BCUT2D eigenvalue weighted by Gasteiger charge is 2.31. The van der Waals surface area contributed by atoms with E-state index >= 15 is 0 Å². The van der Waals surface area contributed by atoms with Gasteiger partial charge < -0.3 is 15.3 Å². The quantitative estimate of drug-likeness (QED) is 0.880. The van der Waals surface area contributed by atoms with E-state index in [0.29, 0.717) is 18.7 Å². The Labute approximate surface area is 126 Å². The number of carbonyl (C=O) groups is 1. The number of alkyl halides is 3. The number of nitrogens with zero attached hydrogens (tertiary/aromatic N) is 1. The Morgan fingerprint density at radius 3 is 2.77 bits per heavy atom. The number of urea groups is 1. The lowest BCUT2D eigenvalue weighted by atomic mass is 9.99. The molecule has 1 aliphatic rings. The molecule has 1 saturated heterocycles. The molecule has 2 N–H and O–H groups in total. The molecule has 0 aromatic heterocycles. The molecule has 4 nitrogen and oxygen atoms in total. The molecule has 0 aliphatic carbocycles. The van der Waals surface area contributed by atoms with Crippen LogP contribution in [0.2, 0.25) is 0 Å². The van der Waals surface area contributed by atoms with Crippen LogP contribution in [0.1, 0.15) is 24.0 Å². The van der Waals surface area contributed by atoms with Crippen LogP contribution in [-0.2, 0) is 6.18 Å². The molecule has 0 spiro atoms. The summed E-state index contributed by atoms with van der Waals surface area (Å²) >= 11 is 0. The number of amides is 2. The maximum absolute atomic E-state index is 12.8. The van der Waals surface area contributed by atoms with Gasteiger partial charge in [0.15, 0.2) is 0 Å². The molecule has 1 aromatic carbocycles. The highest BCUT2D eigenvalue weighted by molar-refractivity contribution is 5.89. The minimum Gasteiger partial charge on any atom is -0.396 e. The largest absolute Gasteiger partial charge is 0.416 e. The number of benzene rings is 1. The number of halogens is 3. The van der Waals surface area contributed by atoms with Crippen molar-refractivity contribution in [2.75, 3.05) is 25.0 Å². The van der Waals surface area contributed by atoms with Crippen LogP contribution in [0.4, 0.5) is 23.7 Å². The third-order valence-corrected chi connectivity index (χ3v) is 3.72. The van der Waals surface area contributed by atoms with E-state index in [1.807, 2.05) is 0 Å². The first kappa shape index (κ1) is 16.6. The molecule has 0 bridgehead atoms. The fourth-order valence-corrected chi connectivity index (χ4v) is 2.62. The number of carbonyl (C=O) groups excluding carboxylic acids is 1. The molecular weight excluding hydrogens is 297 g/mol. The second-order valence-corrected chi connectivity index (χ2v) is 5.65. The van der Waals surface area contributed by atoms with Crippen LogP contribution in [0.3, 0.4) is 0 Å². The van der Waals surface area contributed by atoms with Gasteiger partial charge in [-0.15, -0.1) is 0 Å². The van der Waals surface area contributed by atoms with Crippen molar-refractivity contribution in [1.82, 2.24) is 4.90 Å². The number of hydrogen-bond donors (Lipinski definition) is 2. The SMILES string of the molecule is Cc1cc(NC(=O)N2CCCC(CO)C2)cc(C(F)(F)F)c1. The lowest BCUT2D eigenvalue weighted by molar-refractivity contribution is -0.137. The number of likely N-dealkylation sites (tertiary alicyclic amines) is 1. The zero-order valence-electron chi connectivity index (χ0n) is 12.3. The summed E-state index contributed by atoms with van der Waals surface area (Å²) in [4.78, 5) is 13.7. The molecule has 1 unspecified atom stereocenters. The van der Waals surface area contributed by atoms with Crippen molar-refractivity contribution in [3.05, 3.63) is 29.3 Å². The van der Waals surface area contributed by atoms with Crippen LogP contribution in [0, 0.1) is 12.8 Å². The van der Waals surface area contributed by atoms with Gasteiger partial charge in [-0.2, -0.15) is 13.2 Å². The maximum Gasteiger partial charge on any atom is 0.416 e. The molecule has 2 amide bonds. The maximum atomic E-state index is 12.8. The lowest BCUT2D eigenvalue weighted by Crippen LogP contribution is -2.43. The van der Waals surface area contributed by atoms with Crippen LogP contribution in [0.25, 0.3) is 0 Å². The minimum atomic E-state index is -4.45. The van der Waals surface area contributed by atoms with Gasteiger partial charge >= 0.3 is 12.2 Å². The molecule has 122 valence electrons.